The summed E-state index contributed by atoms with van der Waals surface area (Å²) in [5.41, 5.74) is -0.585. The Bertz CT molecular complexity index is 509. The number of halogens is 3. The predicted octanol–water partition coefficient (Wildman–Crippen LogP) is 2.48. The third-order valence-corrected chi connectivity index (χ3v) is 2.39. The van der Waals surface area contributed by atoms with E-state index in [0.717, 1.165) is 11.0 Å². The number of hydrogen-bond donors (Lipinski definition) is 0. The number of hydrogen-bond acceptors (Lipinski definition) is 2. The average molecular weight is 256 g/mol. The number of nitrogens with zero attached hydrogens (tertiary/aromatic N) is 2. The normalized spacial score (nSPS) is 10.3. The first-order chi connectivity index (χ1) is 8.40. The number of rotatable bonds is 3. The van der Waals surface area contributed by atoms with Gasteiger partial charge in [0.1, 0.15) is 6.54 Å². The van der Waals surface area contributed by atoms with Crippen LogP contribution in [0.25, 0.3) is 0 Å². The van der Waals surface area contributed by atoms with Gasteiger partial charge in [-0.25, -0.2) is 13.2 Å². The Morgan fingerprint density at radius 2 is 1.94 bits per heavy atom. The Labute approximate surface area is 102 Å². The molecule has 0 saturated heterocycles. The lowest BCUT2D eigenvalue weighted by molar-refractivity contribution is 0.0725. The molecule has 0 saturated carbocycles. The summed E-state index contributed by atoms with van der Waals surface area (Å²) in [5.74, 6) is -5.44. The van der Waals surface area contributed by atoms with E-state index < -0.39 is 28.9 Å². The Kier molecular flexibility index (Phi) is 4.32. The van der Waals surface area contributed by atoms with Crippen LogP contribution in [0.3, 0.4) is 0 Å². The van der Waals surface area contributed by atoms with Crippen LogP contribution in [0.1, 0.15) is 24.2 Å². The van der Waals surface area contributed by atoms with Crippen molar-refractivity contribution in [3.05, 3.63) is 35.1 Å². The molecular formula is C12H11F3N2O. The molecule has 1 aromatic rings. The maximum absolute atomic E-state index is 13.4. The lowest BCUT2D eigenvalue weighted by Crippen LogP contribution is -2.37. The molecule has 6 heteroatoms. The SMILES string of the molecule is CC(C)N(CC#N)C(=O)c1ccc(F)c(F)c1F. The van der Waals surface area contributed by atoms with Gasteiger partial charge in [0.05, 0.1) is 11.6 Å². The summed E-state index contributed by atoms with van der Waals surface area (Å²) < 4.78 is 39.2. The van der Waals surface area contributed by atoms with E-state index in [2.05, 4.69) is 0 Å². The molecule has 1 rings (SSSR count). The van der Waals surface area contributed by atoms with Crippen molar-refractivity contribution in [3.63, 3.8) is 0 Å². The Balaban J connectivity index is 3.18. The van der Waals surface area contributed by atoms with Crippen LogP contribution in [0, 0.1) is 28.8 Å². The van der Waals surface area contributed by atoms with Gasteiger partial charge in [0.2, 0.25) is 0 Å². The molecule has 0 fully saturated rings. The number of carbonyl (C=O) groups excluding carboxylic acids is 1. The van der Waals surface area contributed by atoms with Crippen LogP contribution in [-0.4, -0.2) is 23.4 Å². The predicted molar refractivity (Wildman–Crippen MR) is 58.1 cm³/mol. The second-order valence-corrected chi connectivity index (χ2v) is 3.91. The lowest BCUT2D eigenvalue weighted by Gasteiger charge is -2.24. The first kappa shape index (κ1) is 14.0. The zero-order valence-electron chi connectivity index (χ0n) is 9.88. The first-order valence-corrected chi connectivity index (χ1v) is 5.21. The Hall–Kier alpha value is -2.03. The van der Waals surface area contributed by atoms with Gasteiger partial charge in [-0.1, -0.05) is 0 Å². The van der Waals surface area contributed by atoms with E-state index in [4.69, 9.17) is 5.26 Å². The Morgan fingerprint density at radius 1 is 1.33 bits per heavy atom. The van der Waals surface area contributed by atoms with Gasteiger partial charge in [-0.3, -0.25) is 4.79 Å². The summed E-state index contributed by atoms with van der Waals surface area (Å²) in [4.78, 5) is 13.0. The average Bonchev–Trinajstić information content (AvgIpc) is 2.32. The second-order valence-electron chi connectivity index (χ2n) is 3.91. The zero-order valence-corrected chi connectivity index (χ0v) is 9.88. The van der Waals surface area contributed by atoms with Gasteiger partial charge in [-0.05, 0) is 26.0 Å². The minimum atomic E-state index is -1.69. The molecule has 0 aliphatic carbocycles. The quantitative estimate of drug-likeness (QED) is 0.616. The molecule has 96 valence electrons. The maximum atomic E-state index is 13.4. The minimum absolute atomic E-state index is 0.255. The van der Waals surface area contributed by atoms with E-state index in [0.29, 0.717) is 6.07 Å². The molecule has 0 radical (unpaired) electrons. The van der Waals surface area contributed by atoms with Crippen molar-refractivity contribution in [1.29, 1.82) is 5.26 Å². The van der Waals surface area contributed by atoms with Gasteiger partial charge in [0, 0.05) is 6.04 Å². The smallest absolute Gasteiger partial charge is 0.258 e. The summed E-state index contributed by atoms with van der Waals surface area (Å²) in [6.07, 6.45) is 0. The van der Waals surface area contributed by atoms with Crippen LogP contribution in [0.2, 0.25) is 0 Å². The van der Waals surface area contributed by atoms with Crippen molar-refractivity contribution in [1.82, 2.24) is 4.90 Å². The van der Waals surface area contributed by atoms with E-state index in [1.165, 1.54) is 0 Å². The third kappa shape index (κ3) is 2.62. The molecule has 0 N–H and O–H groups in total. The van der Waals surface area contributed by atoms with Gasteiger partial charge in [-0.15, -0.1) is 0 Å². The molecule has 3 nitrogen and oxygen atoms in total. The van der Waals surface area contributed by atoms with Crippen molar-refractivity contribution >= 4 is 5.91 Å². The van der Waals surface area contributed by atoms with E-state index in [1.807, 2.05) is 0 Å². The molecule has 1 amide bonds. The van der Waals surface area contributed by atoms with E-state index >= 15 is 0 Å². The minimum Gasteiger partial charge on any atom is -0.323 e. The van der Waals surface area contributed by atoms with Crippen LogP contribution < -0.4 is 0 Å². The van der Waals surface area contributed by atoms with Crippen molar-refractivity contribution in [2.45, 2.75) is 19.9 Å². The highest BCUT2D eigenvalue weighted by Gasteiger charge is 2.24. The molecule has 0 aliphatic heterocycles. The molecule has 0 aliphatic rings. The van der Waals surface area contributed by atoms with Crippen molar-refractivity contribution in [3.8, 4) is 6.07 Å². The van der Waals surface area contributed by atoms with Crippen LogP contribution in [0.4, 0.5) is 13.2 Å². The molecule has 0 atom stereocenters. The fraction of sp³-hybridized carbons (Fsp3) is 0.333. The Morgan fingerprint density at radius 3 is 2.44 bits per heavy atom. The van der Waals surface area contributed by atoms with Crippen LogP contribution >= 0.6 is 0 Å². The van der Waals surface area contributed by atoms with Gasteiger partial charge < -0.3 is 4.90 Å². The first-order valence-electron chi connectivity index (χ1n) is 5.21. The summed E-state index contributed by atoms with van der Waals surface area (Å²) in [5, 5.41) is 8.58. The molecule has 18 heavy (non-hydrogen) atoms. The number of amides is 1. The molecule has 0 spiro atoms. The van der Waals surface area contributed by atoms with Gasteiger partial charge in [0.15, 0.2) is 17.5 Å². The summed E-state index contributed by atoms with van der Waals surface area (Å²) in [6.45, 7) is 3.01. The van der Waals surface area contributed by atoms with Gasteiger partial charge >= 0.3 is 0 Å². The highest BCUT2D eigenvalue weighted by molar-refractivity contribution is 5.94. The highest BCUT2D eigenvalue weighted by Crippen LogP contribution is 2.17. The largest absolute Gasteiger partial charge is 0.323 e. The number of carbonyl (C=O) groups is 1. The summed E-state index contributed by atoms with van der Waals surface area (Å²) in [6, 6.07) is 2.94. The van der Waals surface area contributed by atoms with Crippen molar-refractivity contribution < 1.29 is 18.0 Å². The van der Waals surface area contributed by atoms with Crippen molar-refractivity contribution in [2.75, 3.05) is 6.54 Å². The molecule has 0 heterocycles. The van der Waals surface area contributed by atoms with Crippen LogP contribution in [-0.2, 0) is 0 Å². The molecule has 0 unspecified atom stereocenters. The molecular weight excluding hydrogens is 245 g/mol. The van der Waals surface area contributed by atoms with Gasteiger partial charge in [0.25, 0.3) is 5.91 Å². The maximum Gasteiger partial charge on any atom is 0.258 e. The summed E-state index contributed by atoms with van der Waals surface area (Å²) >= 11 is 0. The van der Waals surface area contributed by atoms with Gasteiger partial charge in [-0.2, -0.15) is 5.26 Å². The molecule has 0 aromatic heterocycles. The van der Waals surface area contributed by atoms with E-state index in [1.54, 1.807) is 19.9 Å². The van der Waals surface area contributed by atoms with Crippen molar-refractivity contribution in [2.24, 2.45) is 0 Å². The highest BCUT2D eigenvalue weighted by atomic mass is 19.2. The standard InChI is InChI=1S/C12H11F3N2O/c1-7(2)17(6-5-16)12(18)8-3-4-9(13)11(15)10(8)14/h3-4,7H,6H2,1-2H3. The topological polar surface area (TPSA) is 44.1 Å². The van der Waals surface area contributed by atoms with E-state index in [-0.39, 0.29) is 12.6 Å². The second kappa shape index (κ2) is 5.54. The fourth-order valence-corrected chi connectivity index (χ4v) is 1.41. The van der Waals surface area contributed by atoms with Crippen LogP contribution in [0.15, 0.2) is 12.1 Å². The van der Waals surface area contributed by atoms with Crippen LogP contribution in [0.5, 0.6) is 0 Å². The fourth-order valence-electron chi connectivity index (χ4n) is 1.41. The molecule has 0 bridgehead atoms. The lowest BCUT2D eigenvalue weighted by atomic mass is 10.1. The number of benzene rings is 1. The number of nitriles is 1. The zero-order chi connectivity index (χ0) is 13.9. The third-order valence-electron chi connectivity index (χ3n) is 2.39. The molecule has 1 aromatic carbocycles. The monoisotopic (exact) mass is 256 g/mol. The summed E-state index contributed by atoms with van der Waals surface area (Å²) in [7, 11) is 0. The van der Waals surface area contributed by atoms with E-state index in [9.17, 15) is 18.0 Å².